The normalized spacial score (nSPS) is 19.2. The molecule has 0 aromatic carbocycles. The molecule has 0 aromatic rings. The van der Waals surface area contributed by atoms with Crippen molar-refractivity contribution >= 4 is 11.9 Å². The Morgan fingerprint density at radius 3 is 2.38 bits per heavy atom. The number of carbonyl (C=O) groups is 2. The topological polar surface area (TPSA) is 87.1 Å². The number of carboxylic acid groups (broad SMARTS) is 2. The van der Waals surface area contributed by atoms with Crippen LogP contribution in [-0.4, -0.2) is 59.9 Å². The van der Waals surface area contributed by atoms with E-state index < -0.39 is 17.9 Å². The fraction of sp³-hybridized carbons (Fsp3) is 0.800. The Morgan fingerprint density at radius 1 is 1.25 bits per heavy atom. The Balaban J connectivity index is 2.30. The monoisotopic (exact) mass is 231 g/mol. The Hall–Kier alpha value is -1.14. The van der Waals surface area contributed by atoms with Crippen molar-refractivity contribution in [2.75, 3.05) is 32.8 Å². The van der Waals surface area contributed by atoms with Crippen LogP contribution in [0.5, 0.6) is 0 Å². The van der Waals surface area contributed by atoms with E-state index in [1.54, 1.807) is 0 Å². The highest BCUT2D eigenvalue weighted by Gasteiger charge is 2.22. The quantitative estimate of drug-likeness (QED) is 0.663. The van der Waals surface area contributed by atoms with Crippen molar-refractivity contribution in [1.29, 1.82) is 0 Å². The molecule has 2 N–H and O–H groups in total. The lowest BCUT2D eigenvalue weighted by Gasteiger charge is -2.27. The van der Waals surface area contributed by atoms with Crippen LogP contribution in [0.4, 0.5) is 0 Å². The van der Waals surface area contributed by atoms with Gasteiger partial charge in [-0.15, -0.1) is 0 Å². The van der Waals surface area contributed by atoms with Crippen LogP contribution in [0.15, 0.2) is 0 Å². The molecule has 0 amide bonds. The maximum Gasteiger partial charge on any atom is 0.307 e. The summed E-state index contributed by atoms with van der Waals surface area (Å²) in [7, 11) is 0. The molecule has 0 aromatic heterocycles. The molecule has 6 heteroatoms. The van der Waals surface area contributed by atoms with Gasteiger partial charge in [-0.2, -0.15) is 0 Å². The van der Waals surface area contributed by atoms with Crippen LogP contribution in [0.2, 0.25) is 0 Å². The average Bonchev–Trinajstić information content (AvgIpc) is 2.25. The fourth-order valence-electron chi connectivity index (χ4n) is 1.69. The molecule has 0 radical (unpaired) electrons. The van der Waals surface area contributed by atoms with Crippen molar-refractivity contribution in [1.82, 2.24) is 4.90 Å². The first kappa shape index (κ1) is 12.9. The number of hydrogen-bond acceptors (Lipinski definition) is 4. The van der Waals surface area contributed by atoms with E-state index in [0.29, 0.717) is 26.2 Å². The molecule has 1 aliphatic rings. The van der Waals surface area contributed by atoms with Crippen LogP contribution in [0, 0.1) is 5.92 Å². The van der Waals surface area contributed by atoms with Crippen molar-refractivity contribution in [3.05, 3.63) is 0 Å². The molecule has 6 nitrogen and oxygen atoms in total. The second-order valence-electron chi connectivity index (χ2n) is 3.88. The van der Waals surface area contributed by atoms with Crippen molar-refractivity contribution in [2.45, 2.75) is 12.8 Å². The average molecular weight is 231 g/mol. The zero-order valence-corrected chi connectivity index (χ0v) is 9.09. The Kier molecular flexibility index (Phi) is 5.21. The Morgan fingerprint density at radius 2 is 1.88 bits per heavy atom. The van der Waals surface area contributed by atoms with Crippen LogP contribution < -0.4 is 0 Å². The molecule has 92 valence electrons. The third-order valence-corrected chi connectivity index (χ3v) is 2.67. The van der Waals surface area contributed by atoms with Crippen LogP contribution in [0.1, 0.15) is 12.8 Å². The van der Waals surface area contributed by atoms with E-state index in [2.05, 4.69) is 4.90 Å². The number of nitrogens with zero attached hydrogens (tertiary/aromatic N) is 1. The number of hydrogen-bond donors (Lipinski definition) is 2. The summed E-state index contributed by atoms with van der Waals surface area (Å²) in [4.78, 5) is 23.4. The van der Waals surface area contributed by atoms with Crippen LogP contribution >= 0.6 is 0 Å². The molecule has 1 aliphatic heterocycles. The van der Waals surface area contributed by atoms with Gasteiger partial charge in [0.15, 0.2) is 0 Å². The standard InChI is InChI=1S/C10H17NO5/c12-9(13)7-8(10(14)15)1-2-11-3-5-16-6-4-11/h8H,1-7H2,(H,12,13)(H,14,15). The van der Waals surface area contributed by atoms with Crippen molar-refractivity contribution in [2.24, 2.45) is 5.92 Å². The number of carboxylic acids is 2. The summed E-state index contributed by atoms with van der Waals surface area (Å²) in [6.45, 7) is 3.53. The van der Waals surface area contributed by atoms with E-state index in [-0.39, 0.29) is 6.42 Å². The summed E-state index contributed by atoms with van der Waals surface area (Å²) in [5.41, 5.74) is 0. The molecule has 1 rings (SSSR count). The van der Waals surface area contributed by atoms with Crippen LogP contribution in [0.25, 0.3) is 0 Å². The second-order valence-corrected chi connectivity index (χ2v) is 3.88. The third-order valence-electron chi connectivity index (χ3n) is 2.67. The molecular formula is C10H17NO5. The molecule has 1 fully saturated rings. The molecule has 1 saturated heterocycles. The Bertz CT molecular complexity index is 250. The lowest BCUT2D eigenvalue weighted by molar-refractivity contribution is -0.148. The lowest BCUT2D eigenvalue weighted by Crippen LogP contribution is -2.38. The zero-order chi connectivity index (χ0) is 12.0. The zero-order valence-electron chi connectivity index (χ0n) is 9.09. The predicted octanol–water partition coefficient (Wildman–Crippen LogP) is -0.116. The number of aliphatic carboxylic acids is 2. The van der Waals surface area contributed by atoms with Gasteiger partial charge in [0.25, 0.3) is 0 Å². The number of rotatable bonds is 6. The summed E-state index contributed by atoms with van der Waals surface area (Å²) in [6.07, 6.45) is 0.0707. The highest BCUT2D eigenvalue weighted by Crippen LogP contribution is 2.11. The molecule has 0 spiro atoms. The van der Waals surface area contributed by atoms with Gasteiger partial charge in [-0.05, 0) is 13.0 Å². The van der Waals surface area contributed by atoms with Crippen molar-refractivity contribution in [3.63, 3.8) is 0 Å². The van der Waals surface area contributed by atoms with Gasteiger partial charge in [0.05, 0.1) is 25.6 Å². The second kappa shape index (κ2) is 6.44. The summed E-state index contributed by atoms with van der Waals surface area (Å²) in [6, 6.07) is 0. The fourth-order valence-corrected chi connectivity index (χ4v) is 1.69. The van der Waals surface area contributed by atoms with Gasteiger partial charge in [-0.1, -0.05) is 0 Å². The smallest absolute Gasteiger partial charge is 0.307 e. The van der Waals surface area contributed by atoms with E-state index in [1.165, 1.54) is 0 Å². The molecule has 0 saturated carbocycles. The molecular weight excluding hydrogens is 214 g/mol. The van der Waals surface area contributed by atoms with Gasteiger partial charge in [-0.25, -0.2) is 0 Å². The summed E-state index contributed by atoms with van der Waals surface area (Å²) in [5, 5.41) is 17.4. The molecule has 16 heavy (non-hydrogen) atoms. The summed E-state index contributed by atoms with van der Waals surface area (Å²) < 4.78 is 5.17. The SMILES string of the molecule is O=C(O)CC(CCN1CCOCC1)C(=O)O. The minimum absolute atomic E-state index is 0.306. The van der Waals surface area contributed by atoms with E-state index in [0.717, 1.165) is 13.1 Å². The van der Waals surface area contributed by atoms with E-state index >= 15 is 0 Å². The van der Waals surface area contributed by atoms with Gasteiger partial charge >= 0.3 is 11.9 Å². The minimum Gasteiger partial charge on any atom is -0.481 e. The van der Waals surface area contributed by atoms with Gasteiger partial charge in [0.2, 0.25) is 0 Å². The summed E-state index contributed by atoms with van der Waals surface area (Å²) in [5.74, 6) is -2.88. The predicted molar refractivity (Wildman–Crippen MR) is 55.3 cm³/mol. The van der Waals surface area contributed by atoms with Crippen molar-refractivity contribution < 1.29 is 24.5 Å². The van der Waals surface area contributed by atoms with E-state index in [4.69, 9.17) is 14.9 Å². The van der Waals surface area contributed by atoms with Gasteiger partial charge < -0.3 is 14.9 Å². The molecule has 1 atom stereocenters. The van der Waals surface area contributed by atoms with E-state index in [9.17, 15) is 9.59 Å². The molecule has 1 unspecified atom stereocenters. The number of morpholine rings is 1. The number of ether oxygens (including phenoxy) is 1. The van der Waals surface area contributed by atoms with E-state index in [1.807, 2.05) is 0 Å². The maximum absolute atomic E-state index is 10.8. The minimum atomic E-state index is -1.06. The third kappa shape index (κ3) is 4.59. The first-order valence-electron chi connectivity index (χ1n) is 5.34. The highest BCUT2D eigenvalue weighted by molar-refractivity contribution is 5.77. The van der Waals surface area contributed by atoms with Crippen LogP contribution in [0.3, 0.4) is 0 Å². The summed E-state index contributed by atoms with van der Waals surface area (Å²) >= 11 is 0. The molecule has 0 bridgehead atoms. The molecule has 1 heterocycles. The van der Waals surface area contributed by atoms with Gasteiger partial charge in [0, 0.05) is 13.1 Å². The van der Waals surface area contributed by atoms with Gasteiger partial charge in [0.1, 0.15) is 0 Å². The first-order chi connectivity index (χ1) is 7.59. The molecule has 0 aliphatic carbocycles. The first-order valence-corrected chi connectivity index (χ1v) is 5.34. The van der Waals surface area contributed by atoms with Crippen LogP contribution in [-0.2, 0) is 14.3 Å². The largest absolute Gasteiger partial charge is 0.481 e. The Labute approximate surface area is 93.8 Å². The maximum atomic E-state index is 10.8. The van der Waals surface area contributed by atoms with Gasteiger partial charge in [-0.3, -0.25) is 14.5 Å². The van der Waals surface area contributed by atoms with Crippen molar-refractivity contribution in [3.8, 4) is 0 Å². The lowest BCUT2D eigenvalue weighted by atomic mass is 10.0. The highest BCUT2D eigenvalue weighted by atomic mass is 16.5.